The van der Waals surface area contributed by atoms with Crippen LogP contribution in [0.4, 0.5) is 5.69 Å². The second-order valence-electron chi connectivity index (χ2n) is 6.64. The van der Waals surface area contributed by atoms with Crippen molar-refractivity contribution in [1.82, 2.24) is 0 Å². The highest BCUT2D eigenvalue weighted by molar-refractivity contribution is 6.05. The van der Waals surface area contributed by atoms with Crippen LogP contribution in [0, 0.1) is 5.41 Å². The highest BCUT2D eigenvalue weighted by atomic mass is 15.0. The molecule has 0 fully saturated rings. The van der Waals surface area contributed by atoms with Crippen molar-refractivity contribution < 1.29 is 4.58 Å². The summed E-state index contributed by atoms with van der Waals surface area (Å²) in [5.41, 5.74) is 6.20. The molecule has 94 valence electrons. The maximum atomic E-state index is 2.41. The molecule has 0 bridgehead atoms. The topological polar surface area (TPSA) is 3.01 Å². The molecule has 0 N–H and O–H groups in total. The summed E-state index contributed by atoms with van der Waals surface area (Å²) in [4.78, 5) is 0. The lowest BCUT2D eigenvalue weighted by Gasteiger charge is -2.43. The number of hydrogen-bond acceptors (Lipinski definition) is 0. The molecule has 2 aliphatic rings. The number of rotatable bonds is 0. The number of fused-ring (bicyclic) bond motifs is 3. The SMILES string of the molecule is CC1=CC2=[N+](C)c3ccccc3C2(C)C(C)(C)C1. The van der Waals surface area contributed by atoms with Crippen molar-refractivity contribution in [3.8, 4) is 0 Å². The van der Waals surface area contributed by atoms with Gasteiger partial charge in [-0.25, -0.2) is 0 Å². The van der Waals surface area contributed by atoms with Gasteiger partial charge in [-0.05, 0) is 25.7 Å². The summed E-state index contributed by atoms with van der Waals surface area (Å²) in [5.74, 6) is 0. The Kier molecular flexibility index (Phi) is 2.17. The number of benzene rings is 1. The first-order chi connectivity index (χ1) is 8.38. The Balaban J connectivity index is 2.38. The Morgan fingerprint density at radius 2 is 1.78 bits per heavy atom. The van der Waals surface area contributed by atoms with Gasteiger partial charge in [-0.1, -0.05) is 37.6 Å². The van der Waals surface area contributed by atoms with Crippen LogP contribution in [-0.2, 0) is 5.41 Å². The Labute approximate surface area is 110 Å². The van der Waals surface area contributed by atoms with E-state index in [-0.39, 0.29) is 10.8 Å². The van der Waals surface area contributed by atoms with E-state index in [9.17, 15) is 0 Å². The van der Waals surface area contributed by atoms with Gasteiger partial charge >= 0.3 is 0 Å². The minimum Gasteiger partial charge on any atom is -0.198 e. The zero-order valence-electron chi connectivity index (χ0n) is 12.0. The van der Waals surface area contributed by atoms with E-state index < -0.39 is 0 Å². The Bertz CT molecular complexity index is 589. The molecule has 1 heteroatoms. The molecule has 0 spiro atoms. The summed E-state index contributed by atoms with van der Waals surface area (Å²) in [7, 11) is 2.20. The molecule has 1 atom stereocenters. The summed E-state index contributed by atoms with van der Waals surface area (Å²) < 4.78 is 2.37. The molecule has 0 saturated carbocycles. The molecule has 1 heterocycles. The summed E-state index contributed by atoms with van der Waals surface area (Å²) in [5, 5.41) is 0. The van der Waals surface area contributed by atoms with Crippen LogP contribution in [0.25, 0.3) is 0 Å². The Hall–Kier alpha value is -1.37. The van der Waals surface area contributed by atoms with E-state index in [1.807, 2.05) is 0 Å². The smallest absolute Gasteiger partial charge is 0.198 e. The maximum Gasteiger partial charge on any atom is 0.209 e. The normalized spacial score (nSPS) is 28.8. The van der Waals surface area contributed by atoms with Crippen molar-refractivity contribution >= 4 is 11.4 Å². The molecule has 1 aliphatic heterocycles. The maximum absolute atomic E-state index is 2.41. The molecular formula is C17H22N+. The van der Waals surface area contributed by atoms with Gasteiger partial charge in [0.1, 0.15) is 7.05 Å². The van der Waals surface area contributed by atoms with Gasteiger partial charge in [-0.3, -0.25) is 0 Å². The second kappa shape index (κ2) is 3.34. The van der Waals surface area contributed by atoms with Crippen LogP contribution in [0.1, 0.15) is 39.7 Å². The van der Waals surface area contributed by atoms with E-state index in [0.717, 1.165) is 0 Å². The van der Waals surface area contributed by atoms with Crippen molar-refractivity contribution in [3.05, 3.63) is 41.5 Å². The summed E-state index contributed by atoms with van der Waals surface area (Å²) in [6.45, 7) is 9.47. The fourth-order valence-corrected chi connectivity index (χ4v) is 3.90. The van der Waals surface area contributed by atoms with Gasteiger partial charge < -0.3 is 0 Å². The van der Waals surface area contributed by atoms with Crippen LogP contribution >= 0.6 is 0 Å². The van der Waals surface area contributed by atoms with Crippen molar-refractivity contribution in [2.45, 2.75) is 39.5 Å². The number of allylic oxidation sites excluding steroid dienone is 2. The van der Waals surface area contributed by atoms with Crippen LogP contribution in [-0.4, -0.2) is 17.3 Å². The van der Waals surface area contributed by atoms with Gasteiger partial charge in [0.2, 0.25) is 5.69 Å². The average Bonchev–Trinajstić information content (AvgIpc) is 2.52. The molecule has 1 aliphatic carbocycles. The molecule has 3 rings (SSSR count). The first kappa shape index (κ1) is 11.7. The van der Waals surface area contributed by atoms with E-state index in [2.05, 4.69) is 69.7 Å². The molecule has 1 unspecified atom stereocenters. The number of nitrogens with zero attached hydrogens (tertiary/aromatic N) is 1. The minimum absolute atomic E-state index is 0.137. The molecule has 1 nitrogen and oxygen atoms in total. The monoisotopic (exact) mass is 240 g/mol. The van der Waals surface area contributed by atoms with Crippen LogP contribution in [0.3, 0.4) is 0 Å². The van der Waals surface area contributed by atoms with E-state index in [1.165, 1.54) is 29.0 Å². The Morgan fingerprint density at radius 3 is 2.50 bits per heavy atom. The standard InChI is InChI=1S/C17H22N/c1-12-10-15-17(4,16(2,3)11-12)13-8-6-7-9-14(13)18(15)5/h6-10H,11H2,1-5H3/q+1. The number of hydrogen-bond donors (Lipinski definition) is 0. The lowest BCUT2D eigenvalue weighted by atomic mass is 9.56. The summed E-state index contributed by atoms with van der Waals surface area (Å²) >= 11 is 0. The van der Waals surface area contributed by atoms with E-state index >= 15 is 0 Å². The van der Waals surface area contributed by atoms with Gasteiger partial charge in [0, 0.05) is 17.7 Å². The number of para-hydroxylation sites is 1. The van der Waals surface area contributed by atoms with Crippen LogP contribution in [0.2, 0.25) is 0 Å². The molecule has 0 aromatic heterocycles. The zero-order valence-corrected chi connectivity index (χ0v) is 12.0. The second-order valence-corrected chi connectivity index (χ2v) is 6.64. The molecular weight excluding hydrogens is 218 g/mol. The van der Waals surface area contributed by atoms with E-state index in [1.54, 1.807) is 0 Å². The predicted molar refractivity (Wildman–Crippen MR) is 76.8 cm³/mol. The van der Waals surface area contributed by atoms with Crippen LogP contribution in [0.15, 0.2) is 35.9 Å². The fraction of sp³-hybridized carbons (Fsp3) is 0.471. The molecule has 18 heavy (non-hydrogen) atoms. The molecule has 0 amide bonds. The van der Waals surface area contributed by atoms with Crippen molar-refractivity contribution in [2.24, 2.45) is 5.41 Å². The van der Waals surface area contributed by atoms with E-state index in [0.29, 0.717) is 0 Å². The molecule has 0 radical (unpaired) electrons. The summed E-state index contributed by atoms with van der Waals surface area (Å²) in [6, 6.07) is 8.85. The lowest BCUT2D eigenvalue weighted by molar-refractivity contribution is -0.402. The molecule has 1 aromatic rings. The van der Waals surface area contributed by atoms with Gasteiger partial charge in [-0.15, -0.1) is 0 Å². The van der Waals surface area contributed by atoms with Gasteiger partial charge in [-0.2, -0.15) is 4.58 Å². The zero-order chi connectivity index (χ0) is 13.1. The van der Waals surface area contributed by atoms with Crippen molar-refractivity contribution in [3.63, 3.8) is 0 Å². The first-order valence-electron chi connectivity index (χ1n) is 6.76. The van der Waals surface area contributed by atoms with Crippen LogP contribution in [0.5, 0.6) is 0 Å². The lowest BCUT2D eigenvalue weighted by Crippen LogP contribution is -2.47. The van der Waals surface area contributed by atoms with Crippen molar-refractivity contribution in [2.75, 3.05) is 7.05 Å². The first-order valence-corrected chi connectivity index (χ1v) is 6.76. The molecule has 1 aromatic carbocycles. The van der Waals surface area contributed by atoms with Crippen molar-refractivity contribution in [1.29, 1.82) is 0 Å². The fourth-order valence-electron chi connectivity index (χ4n) is 3.90. The van der Waals surface area contributed by atoms with E-state index in [4.69, 9.17) is 0 Å². The quantitative estimate of drug-likeness (QED) is 0.602. The Morgan fingerprint density at radius 1 is 1.11 bits per heavy atom. The summed E-state index contributed by atoms with van der Waals surface area (Å²) in [6.07, 6.45) is 3.57. The highest BCUT2D eigenvalue weighted by Gasteiger charge is 2.57. The van der Waals surface area contributed by atoms with Crippen LogP contribution < -0.4 is 0 Å². The molecule has 0 saturated heterocycles. The third-order valence-electron chi connectivity index (χ3n) is 5.14. The van der Waals surface area contributed by atoms with Gasteiger partial charge in [0.05, 0.1) is 5.41 Å². The average molecular weight is 240 g/mol. The van der Waals surface area contributed by atoms with Gasteiger partial charge in [0.25, 0.3) is 0 Å². The third kappa shape index (κ3) is 1.20. The minimum atomic E-state index is 0.137. The largest absolute Gasteiger partial charge is 0.209 e. The highest BCUT2D eigenvalue weighted by Crippen LogP contribution is 2.54. The third-order valence-corrected chi connectivity index (χ3v) is 5.14. The van der Waals surface area contributed by atoms with Gasteiger partial charge in [0.15, 0.2) is 5.71 Å². The predicted octanol–water partition coefficient (Wildman–Crippen LogP) is 4.05.